The number of aliphatic imine (C=N–C) groups is 1. The van der Waals surface area contributed by atoms with Crippen LogP contribution < -0.4 is 16.0 Å². The molecule has 0 bridgehead atoms. The zero-order valence-electron chi connectivity index (χ0n) is 18.9. The lowest BCUT2D eigenvalue weighted by Crippen LogP contribution is -2.36. The topological polar surface area (TPSA) is 99.9 Å². The van der Waals surface area contributed by atoms with Gasteiger partial charge in [0.25, 0.3) is 5.56 Å². The predicted molar refractivity (Wildman–Crippen MR) is 126 cm³/mol. The molecule has 4 rings (SSSR count). The summed E-state index contributed by atoms with van der Waals surface area (Å²) < 4.78 is 7.37. The van der Waals surface area contributed by atoms with E-state index in [1.54, 1.807) is 19.3 Å². The van der Waals surface area contributed by atoms with Crippen LogP contribution in [-0.4, -0.2) is 38.6 Å². The number of H-pyrrole nitrogens is 1. The van der Waals surface area contributed by atoms with Gasteiger partial charge in [0.2, 0.25) is 0 Å². The normalized spacial score (nSPS) is 17.0. The third-order valence-electron chi connectivity index (χ3n) is 5.97. The fourth-order valence-electron chi connectivity index (χ4n) is 3.78. The Morgan fingerprint density at radius 2 is 2.12 bits per heavy atom. The lowest BCUT2D eigenvalue weighted by atomic mass is 9.94. The van der Waals surface area contributed by atoms with Gasteiger partial charge in [-0.15, -0.1) is 0 Å². The van der Waals surface area contributed by atoms with Gasteiger partial charge in [-0.1, -0.05) is 12.1 Å². The van der Waals surface area contributed by atoms with Gasteiger partial charge in [0.1, 0.15) is 11.4 Å². The van der Waals surface area contributed by atoms with E-state index in [1.165, 1.54) is 29.7 Å². The van der Waals surface area contributed by atoms with Crippen LogP contribution in [0, 0.1) is 5.92 Å². The first-order valence-electron chi connectivity index (χ1n) is 11.4. The second-order valence-electron chi connectivity index (χ2n) is 8.95. The highest BCUT2D eigenvalue weighted by atomic mass is 16.5. The maximum absolute atomic E-state index is 11.8. The predicted octanol–water partition coefficient (Wildman–Crippen LogP) is 2.74. The summed E-state index contributed by atoms with van der Waals surface area (Å²) in [5.74, 6) is 4.30. The number of unbranched alkanes of at least 4 members (excludes halogenated alkanes) is 1. The molecular weight excluding hydrogens is 420 g/mol. The second kappa shape index (κ2) is 10.1. The van der Waals surface area contributed by atoms with Gasteiger partial charge >= 0.3 is 5.69 Å². The van der Waals surface area contributed by atoms with E-state index >= 15 is 0 Å². The Bertz CT molecular complexity index is 1180. The van der Waals surface area contributed by atoms with E-state index in [2.05, 4.69) is 15.8 Å². The Balaban J connectivity index is 1.33. The van der Waals surface area contributed by atoms with Crippen LogP contribution in [0.15, 0.2) is 69.2 Å². The first-order valence-corrected chi connectivity index (χ1v) is 11.4. The molecule has 0 saturated heterocycles. The number of hydrogen-bond donors (Lipinski definition) is 2. The van der Waals surface area contributed by atoms with Gasteiger partial charge in [-0.05, 0) is 62.6 Å². The van der Waals surface area contributed by atoms with Crippen LogP contribution in [0.5, 0.6) is 5.75 Å². The Labute approximate surface area is 192 Å². The van der Waals surface area contributed by atoms with Gasteiger partial charge < -0.3 is 19.3 Å². The van der Waals surface area contributed by atoms with Gasteiger partial charge in [0.05, 0.1) is 25.6 Å². The number of aryl methyl sites for hydroxylation is 1. The van der Waals surface area contributed by atoms with Crippen LogP contribution in [0.4, 0.5) is 0 Å². The minimum absolute atomic E-state index is 0.354. The van der Waals surface area contributed by atoms with Crippen LogP contribution in [0.2, 0.25) is 0 Å². The second-order valence-corrected chi connectivity index (χ2v) is 8.95. The molecular formula is C25H30N4O4. The number of aromatic amines is 1. The summed E-state index contributed by atoms with van der Waals surface area (Å²) in [4.78, 5) is 31.3. The summed E-state index contributed by atoms with van der Waals surface area (Å²) in [5, 5.41) is 11.3. The average Bonchev–Trinajstić information content (AvgIpc) is 3.62. The number of rotatable bonds is 11. The third-order valence-corrected chi connectivity index (χ3v) is 5.97. The van der Waals surface area contributed by atoms with E-state index in [0.29, 0.717) is 19.0 Å². The lowest BCUT2D eigenvalue weighted by molar-refractivity contribution is 0.0353. The molecule has 0 spiro atoms. The minimum atomic E-state index is -1.10. The zero-order valence-corrected chi connectivity index (χ0v) is 18.9. The number of nitrogens with one attached hydrogen (secondary N) is 1. The molecule has 1 fully saturated rings. The minimum Gasteiger partial charge on any atom is -0.493 e. The van der Waals surface area contributed by atoms with Crippen molar-refractivity contribution in [3.05, 3.63) is 81.0 Å². The number of aromatic nitrogens is 2. The molecule has 0 amide bonds. The molecule has 8 heteroatoms. The summed E-state index contributed by atoms with van der Waals surface area (Å²) in [5.41, 5.74) is -0.118. The van der Waals surface area contributed by atoms with Crippen molar-refractivity contribution in [2.75, 3.05) is 13.2 Å². The molecule has 33 heavy (non-hydrogen) atoms. The standard InChI is InChI=1S/C25H30N4O4/c1-25(32,20-5-4-7-22(15-20)33-17-19-8-9-19)18-29-14-11-26-16-21(29)6-2-3-12-28-13-10-23(30)27-24(28)31/h4-5,7,10,13-16,19,32H,2-3,6,8-9,12,17-18H2,1H3,(H,27,30,31)/t25-/m1/s1. The molecule has 1 aliphatic carbocycles. The third kappa shape index (κ3) is 6.34. The van der Waals surface area contributed by atoms with Gasteiger partial charge in [0, 0.05) is 30.4 Å². The molecule has 1 saturated carbocycles. The fourth-order valence-corrected chi connectivity index (χ4v) is 3.78. The number of aliphatic hydroxyl groups is 1. The van der Waals surface area contributed by atoms with E-state index in [-0.39, 0.29) is 0 Å². The van der Waals surface area contributed by atoms with Crippen LogP contribution in [-0.2, 0) is 12.1 Å². The quantitative estimate of drug-likeness (QED) is 0.513. The molecule has 0 unspecified atom stereocenters. The largest absolute Gasteiger partial charge is 0.493 e. The number of ether oxygens (including phenoxy) is 1. The van der Waals surface area contributed by atoms with Crippen molar-refractivity contribution in [2.24, 2.45) is 10.9 Å². The lowest BCUT2D eigenvalue weighted by Gasteiger charge is -2.33. The average molecular weight is 451 g/mol. The van der Waals surface area contributed by atoms with Crippen molar-refractivity contribution in [2.45, 2.75) is 51.2 Å². The van der Waals surface area contributed by atoms with Gasteiger partial charge in [0.15, 0.2) is 0 Å². The van der Waals surface area contributed by atoms with Crippen LogP contribution >= 0.6 is 0 Å². The molecule has 2 N–H and O–H groups in total. The van der Waals surface area contributed by atoms with E-state index in [0.717, 1.165) is 42.9 Å². The van der Waals surface area contributed by atoms with Crippen molar-refractivity contribution in [3.8, 4) is 5.75 Å². The Hall–Kier alpha value is -3.35. The molecule has 2 aliphatic rings. The molecule has 1 aliphatic heterocycles. The molecule has 1 aromatic heterocycles. The highest BCUT2D eigenvalue weighted by molar-refractivity contribution is 5.54. The van der Waals surface area contributed by atoms with Crippen molar-refractivity contribution >= 4 is 5.87 Å². The van der Waals surface area contributed by atoms with Crippen LogP contribution in [0.25, 0.3) is 0 Å². The van der Waals surface area contributed by atoms with E-state index in [9.17, 15) is 14.7 Å². The molecule has 2 aromatic rings. The smallest absolute Gasteiger partial charge is 0.328 e. The van der Waals surface area contributed by atoms with Crippen molar-refractivity contribution in [3.63, 3.8) is 0 Å². The van der Waals surface area contributed by atoms with E-state index in [1.807, 2.05) is 29.2 Å². The first-order chi connectivity index (χ1) is 15.9. The fraction of sp³-hybridized carbons (Fsp3) is 0.440. The summed E-state index contributed by atoms with van der Waals surface area (Å²) in [6, 6.07) is 9.01. The molecule has 8 nitrogen and oxygen atoms in total. The van der Waals surface area contributed by atoms with Crippen LogP contribution in [0.1, 0.15) is 44.6 Å². The first kappa shape index (κ1) is 22.8. The van der Waals surface area contributed by atoms with Gasteiger partial charge in [-0.2, -0.15) is 0 Å². The van der Waals surface area contributed by atoms with Gasteiger partial charge in [-0.3, -0.25) is 9.78 Å². The highest BCUT2D eigenvalue weighted by Crippen LogP contribution is 2.31. The molecule has 1 atom stereocenters. The Morgan fingerprint density at radius 3 is 2.91 bits per heavy atom. The van der Waals surface area contributed by atoms with Crippen LogP contribution in [0.3, 0.4) is 0 Å². The van der Waals surface area contributed by atoms with E-state index < -0.39 is 16.9 Å². The SMILES string of the molecule is C[C@@](O)(CN1C=C=NC=C1CCCCn1ccc(=O)[nH]c1=O)c1cccc(OCC2CC2)c1. The number of hydrogen-bond acceptors (Lipinski definition) is 6. The number of β-amino-alcohol motifs (C(OH)–C–C–N with tert-alkyl or cyclic N) is 1. The van der Waals surface area contributed by atoms with Crippen molar-refractivity contribution < 1.29 is 9.84 Å². The molecule has 1 aromatic carbocycles. The van der Waals surface area contributed by atoms with Gasteiger partial charge in [-0.25, -0.2) is 9.79 Å². The number of benzene rings is 1. The maximum Gasteiger partial charge on any atom is 0.328 e. The zero-order chi connectivity index (χ0) is 23.3. The molecule has 0 radical (unpaired) electrons. The van der Waals surface area contributed by atoms with E-state index in [4.69, 9.17) is 4.74 Å². The highest BCUT2D eigenvalue weighted by Gasteiger charge is 2.28. The molecule has 174 valence electrons. The maximum atomic E-state index is 11.8. The number of allylic oxidation sites excluding steroid dienone is 1. The Morgan fingerprint density at radius 1 is 1.27 bits per heavy atom. The monoisotopic (exact) mass is 450 g/mol. The number of nitrogens with zero attached hydrogens (tertiary/aromatic N) is 3. The summed E-state index contributed by atoms with van der Waals surface area (Å²) in [6.45, 7) is 3.40. The molecule has 2 heterocycles. The summed E-state index contributed by atoms with van der Waals surface area (Å²) in [6.07, 6.45) is 9.82. The van der Waals surface area contributed by atoms with Crippen molar-refractivity contribution in [1.82, 2.24) is 14.5 Å². The Kier molecular flexibility index (Phi) is 6.96. The van der Waals surface area contributed by atoms with Crippen molar-refractivity contribution in [1.29, 1.82) is 0 Å². The summed E-state index contributed by atoms with van der Waals surface area (Å²) in [7, 11) is 0. The summed E-state index contributed by atoms with van der Waals surface area (Å²) >= 11 is 0.